The van der Waals surface area contributed by atoms with Crippen LogP contribution < -0.4 is 15.4 Å². The number of methoxy groups -OCH3 is 1. The molecule has 21 heavy (non-hydrogen) atoms. The average Bonchev–Trinajstić information content (AvgIpc) is 2.36. The van der Waals surface area contributed by atoms with Crippen LogP contribution in [0.4, 0.5) is 5.69 Å². The molecule has 118 valence electrons. The summed E-state index contributed by atoms with van der Waals surface area (Å²) >= 11 is 0. The molecular weight excluding hydrogens is 264 g/mol. The van der Waals surface area contributed by atoms with Crippen molar-refractivity contribution in [2.75, 3.05) is 12.4 Å². The molecule has 0 aliphatic carbocycles. The summed E-state index contributed by atoms with van der Waals surface area (Å²) in [4.78, 5) is 12.0. The maximum Gasteiger partial charge on any atom is 0.242 e. The largest absolute Gasteiger partial charge is 0.495 e. The summed E-state index contributed by atoms with van der Waals surface area (Å²) in [5.74, 6) is 0.723. The van der Waals surface area contributed by atoms with Crippen LogP contribution in [-0.4, -0.2) is 25.1 Å². The molecular formula is C17H28N2O2. The van der Waals surface area contributed by atoms with Gasteiger partial charge in [-0.15, -0.1) is 0 Å². The van der Waals surface area contributed by atoms with Gasteiger partial charge in [0.2, 0.25) is 5.91 Å². The van der Waals surface area contributed by atoms with Gasteiger partial charge in [0.25, 0.3) is 0 Å². The van der Waals surface area contributed by atoms with E-state index in [1.807, 2.05) is 26.8 Å². The molecule has 0 aliphatic heterocycles. The van der Waals surface area contributed by atoms with Crippen LogP contribution >= 0.6 is 0 Å². The highest BCUT2D eigenvalue weighted by atomic mass is 16.5. The van der Waals surface area contributed by atoms with Crippen LogP contribution in [0.25, 0.3) is 0 Å². The van der Waals surface area contributed by atoms with E-state index in [2.05, 4.69) is 43.5 Å². The second-order valence-electron chi connectivity index (χ2n) is 6.69. The summed E-state index contributed by atoms with van der Waals surface area (Å²) in [5.41, 5.74) is 2.09. The van der Waals surface area contributed by atoms with Crippen molar-refractivity contribution in [3.8, 4) is 5.75 Å². The summed E-state index contributed by atoms with van der Waals surface area (Å²) in [6, 6.07) is 5.86. The minimum Gasteiger partial charge on any atom is -0.495 e. The molecule has 0 heterocycles. The number of rotatable bonds is 5. The summed E-state index contributed by atoms with van der Waals surface area (Å²) in [7, 11) is 1.64. The van der Waals surface area contributed by atoms with E-state index in [-0.39, 0.29) is 23.4 Å². The zero-order chi connectivity index (χ0) is 16.2. The average molecular weight is 292 g/mol. The van der Waals surface area contributed by atoms with Crippen LogP contribution in [0.2, 0.25) is 0 Å². The first kappa shape index (κ1) is 17.3. The molecule has 0 aliphatic rings. The lowest BCUT2D eigenvalue weighted by molar-refractivity contribution is -0.122. The molecule has 0 fully saturated rings. The van der Waals surface area contributed by atoms with Gasteiger partial charge >= 0.3 is 0 Å². The number of carbonyl (C=O) groups excluding carboxylic acids is 1. The van der Waals surface area contributed by atoms with Crippen molar-refractivity contribution in [3.05, 3.63) is 23.8 Å². The van der Waals surface area contributed by atoms with E-state index in [0.717, 1.165) is 11.4 Å². The lowest BCUT2D eigenvalue weighted by atomic mass is 9.86. The van der Waals surface area contributed by atoms with Gasteiger partial charge in [-0.25, -0.2) is 0 Å². The first-order valence-corrected chi connectivity index (χ1v) is 7.40. The SMILES string of the molecule is COc1ccc(C(C)(C)C)cc1N[C@H](C)C(=O)NC(C)C. The third-order valence-corrected chi connectivity index (χ3v) is 3.26. The molecule has 0 unspecified atom stereocenters. The van der Waals surface area contributed by atoms with E-state index in [4.69, 9.17) is 4.74 Å². The van der Waals surface area contributed by atoms with Crippen molar-refractivity contribution in [1.82, 2.24) is 5.32 Å². The van der Waals surface area contributed by atoms with Gasteiger partial charge < -0.3 is 15.4 Å². The lowest BCUT2D eigenvalue weighted by Crippen LogP contribution is -2.41. The molecule has 1 amide bonds. The van der Waals surface area contributed by atoms with Gasteiger partial charge in [0, 0.05) is 6.04 Å². The molecule has 1 atom stereocenters. The van der Waals surface area contributed by atoms with Crippen molar-refractivity contribution < 1.29 is 9.53 Å². The topological polar surface area (TPSA) is 50.4 Å². The number of carbonyl (C=O) groups is 1. The highest BCUT2D eigenvalue weighted by Gasteiger charge is 2.19. The Morgan fingerprint density at radius 3 is 2.29 bits per heavy atom. The predicted octanol–water partition coefficient (Wildman–Crippen LogP) is 3.32. The Morgan fingerprint density at radius 2 is 1.81 bits per heavy atom. The fourth-order valence-electron chi connectivity index (χ4n) is 2.00. The van der Waals surface area contributed by atoms with E-state index in [1.54, 1.807) is 7.11 Å². The Kier molecular flexibility index (Phi) is 5.64. The minimum absolute atomic E-state index is 0.0202. The predicted molar refractivity (Wildman–Crippen MR) is 88.1 cm³/mol. The molecule has 2 N–H and O–H groups in total. The Balaban J connectivity index is 2.97. The number of benzene rings is 1. The van der Waals surface area contributed by atoms with Gasteiger partial charge in [0.15, 0.2) is 0 Å². The maximum atomic E-state index is 12.0. The van der Waals surface area contributed by atoms with Crippen LogP contribution in [0, 0.1) is 0 Å². The van der Waals surface area contributed by atoms with E-state index < -0.39 is 0 Å². The first-order valence-electron chi connectivity index (χ1n) is 7.40. The van der Waals surface area contributed by atoms with Crippen LogP contribution in [0.15, 0.2) is 18.2 Å². The number of amides is 1. The quantitative estimate of drug-likeness (QED) is 0.875. The van der Waals surface area contributed by atoms with Gasteiger partial charge in [-0.1, -0.05) is 26.8 Å². The van der Waals surface area contributed by atoms with Crippen molar-refractivity contribution in [2.45, 2.75) is 59.0 Å². The lowest BCUT2D eigenvalue weighted by Gasteiger charge is -2.23. The number of hydrogen-bond donors (Lipinski definition) is 2. The normalized spacial score (nSPS) is 13.0. The van der Waals surface area contributed by atoms with Crippen LogP contribution in [0.1, 0.15) is 47.1 Å². The van der Waals surface area contributed by atoms with Gasteiger partial charge in [-0.3, -0.25) is 4.79 Å². The number of anilines is 1. The van der Waals surface area contributed by atoms with Crippen molar-refractivity contribution in [3.63, 3.8) is 0 Å². The molecule has 4 nitrogen and oxygen atoms in total. The number of hydrogen-bond acceptors (Lipinski definition) is 3. The molecule has 0 saturated carbocycles. The summed E-state index contributed by atoms with van der Waals surface area (Å²) in [6.45, 7) is 12.2. The van der Waals surface area contributed by atoms with Crippen LogP contribution in [0.5, 0.6) is 5.75 Å². The Bertz CT molecular complexity index is 490. The second-order valence-corrected chi connectivity index (χ2v) is 6.69. The van der Waals surface area contributed by atoms with Crippen molar-refractivity contribution >= 4 is 11.6 Å². The Hall–Kier alpha value is -1.71. The van der Waals surface area contributed by atoms with E-state index >= 15 is 0 Å². The fraction of sp³-hybridized carbons (Fsp3) is 0.588. The molecule has 0 spiro atoms. The third-order valence-electron chi connectivity index (χ3n) is 3.26. The Labute approximate surface area is 128 Å². The molecule has 1 aromatic rings. The number of nitrogens with one attached hydrogen (secondary N) is 2. The highest BCUT2D eigenvalue weighted by Crippen LogP contribution is 2.31. The van der Waals surface area contributed by atoms with Gasteiger partial charge in [-0.2, -0.15) is 0 Å². The molecule has 0 saturated heterocycles. The minimum atomic E-state index is -0.323. The molecule has 0 radical (unpaired) electrons. The summed E-state index contributed by atoms with van der Waals surface area (Å²) in [6.07, 6.45) is 0. The monoisotopic (exact) mass is 292 g/mol. The van der Waals surface area contributed by atoms with E-state index in [9.17, 15) is 4.79 Å². The van der Waals surface area contributed by atoms with Gasteiger partial charge in [0.1, 0.15) is 11.8 Å². The van der Waals surface area contributed by atoms with Crippen molar-refractivity contribution in [2.24, 2.45) is 0 Å². The molecule has 0 aromatic heterocycles. The molecule has 1 aromatic carbocycles. The molecule has 4 heteroatoms. The second kappa shape index (κ2) is 6.83. The Morgan fingerprint density at radius 1 is 1.19 bits per heavy atom. The van der Waals surface area contributed by atoms with Crippen LogP contribution in [0.3, 0.4) is 0 Å². The molecule has 1 rings (SSSR count). The zero-order valence-electron chi connectivity index (χ0n) is 14.2. The first-order chi connectivity index (χ1) is 9.65. The highest BCUT2D eigenvalue weighted by molar-refractivity contribution is 5.85. The summed E-state index contributed by atoms with van der Waals surface area (Å²) < 4.78 is 5.38. The third kappa shape index (κ3) is 4.96. The zero-order valence-corrected chi connectivity index (χ0v) is 14.2. The van der Waals surface area contributed by atoms with E-state index in [1.165, 1.54) is 5.56 Å². The van der Waals surface area contributed by atoms with Crippen molar-refractivity contribution in [1.29, 1.82) is 0 Å². The molecule has 0 bridgehead atoms. The fourth-order valence-corrected chi connectivity index (χ4v) is 2.00. The smallest absolute Gasteiger partial charge is 0.242 e. The maximum absolute atomic E-state index is 12.0. The number of ether oxygens (including phenoxy) is 1. The van der Waals surface area contributed by atoms with E-state index in [0.29, 0.717) is 0 Å². The summed E-state index contributed by atoms with van der Waals surface area (Å²) in [5, 5.41) is 6.14. The standard InChI is InChI=1S/C17H28N2O2/c1-11(2)18-16(20)12(3)19-14-10-13(17(4,5)6)8-9-15(14)21-7/h8-12,19H,1-7H3,(H,18,20)/t12-/m1/s1. The van der Waals surface area contributed by atoms with Crippen LogP contribution in [-0.2, 0) is 10.2 Å². The van der Waals surface area contributed by atoms with Gasteiger partial charge in [0.05, 0.1) is 12.8 Å². The van der Waals surface area contributed by atoms with Gasteiger partial charge in [-0.05, 0) is 43.9 Å².